The highest BCUT2D eigenvalue weighted by molar-refractivity contribution is 5.78. The lowest BCUT2D eigenvalue weighted by Crippen LogP contribution is -2.19. The fraction of sp³-hybridized carbons (Fsp3) is 0.333. The first-order chi connectivity index (χ1) is 8.81. The molecule has 0 saturated carbocycles. The van der Waals surface area contributed by atoms with Gasteiger partial charge in [0.25, 0.3) is 0 Å². The van der Waals surface area contributed by atoms with Crippen LogP contribution in [0.25, 0.3) is 0 Å². The van der Waals surface area contributed by atoms with E-state index in [1.807, 2.05) is 0 Å². The van der Waals surface area contributed by atoms with E-state index >= 15 is 0 Å². The maximum Gasteiger partial charge on any atom is 0.416 e. The van der Waals surface area contributed by atoms with Crippen molar-refractivity contribution >= 4 is 6.29 Å². The molecule has 0 heterocycles. The van der Waals surface area contributed by atoms with Gasteiger partial charge in [-0.1, -0.05) is 6.07 Å². The van der Waals surface area contributed by atoms with Crippen LogP contribution in [-0.4, -0.2) is 22.6 Å². The molecular weight excluding hydrogens is 263 g/mol. The number of halogens is 3. The van der Waals surface area contributed by atoms with E-state index in [1.165, 1.54) is 0 Å². The summed E-state index contributed by atoms with van der Waals surface area (Å²) >= 11 is 0. The Bertz CT molecular complexity index is 508. The summed E-state index contributed by atoms with van der Waals surface area (Å²) in [6.07, 6.45) is -7.91. The van der Waals surface area contributed by atoms with Crippen molar-refractivity contribution in [3.05, 3.63) is 34.9 Å². The van der Waals surface area contributed by atoms with Crippen LogP contribution in [-0.2, 0) is 6.18 Å². The molecule has 0 aliphatic carbocycles. The van der Waals surface area contributed by atoms with Gasteiger partial charge in [-0.05, 0) is 17.7 Å². The molecule has 0 radical (unpaired) electrons. The Balaban J connectivity index is 3.17. The second kappa shape index (κ2) is 5.82. The van der Waals surface area contributed by atoms with E-state index in [-0.39, 0.29) is 17.4 Å². The number of nitriles is 1. The van der Waals surface area contributed by atoms with Gasteiger partial charge in [-0.2, -0.15) is 18.4 Å². The summed E-state index contributed by atoms with van der Waals surface area (Å²) in [6.45, 7) is 0. The number of aldehydes is 1. The van der Waals surface area contributed by atoms with Gasteiger partial charge in [0.1, 0.15) is 12.4 Å². The first-order valence-electron chi connectivity index (χ1n) is 5.20. The molecular formula is C12H10F3NO3. The first-order valence-corrected chi connectivity index (χ1v) is 5.20. The maximum atomic E-state index is 12.4. The number of carbonyl (C=O) groups excluding carboxylic acids is 1. The van der Waals surface area contributed by atoms with E-state index in [9.17, 15) is 28.2 Å². The van der Waals surface area contributed by atoms with Crippen LogP contribution in [0.1, 0.15) is 34.0 Å². The molecule has 1 aromatic carbocycles. The minimum atomic E-state index is -4.60. The van der Waals surface area contributed by atoms with E-state index in [1.54, 1.807) is 6.07 Å². The second-order valence-electron chi connectivity index (χ2n) is 3.83. The number of benzene rings is 1. The summed E-state index contributed by atoms with van der Waals surface area (Å²) < 4.78 is 37.3. The summed E-state index contributed by atoms with van der Waals surface area (Å²) in [5, 5.41) is 27.5. The average Bonchev–Trinajstić information content (AvgIpc) is 2.36. The molecule has 2 N–H and O–H groups in total. The van der Waals surface area contributed by atoms with E-state index in [2.05, 4.69) is 0 Å². The Morgan fingerprint density at radius 2 is 2.00 bits per heavy atom. The molecule has 0 aliphatic rings. The van der Waals surface area contributed by atoms with Crippen LogP contribution in [0.2, 0.25) is 0 Å². The molecule has 0 spiro atoms. The van der Waals surface area contributed by atoms with Gasteiger partial charge < -0.3 is 10.2 Å². The number of hydrogen-bond acceptors (Lipinski definition) is 4. The lowest BCUT2D eigenvalue weighted by molar-refractivity contribution is -0.137. The van der Waals surface area contributed by atoms with Gasteiger partial charge in [-0.15, -0.1) is 0 Å². The molecule has 2 atom stereocenters. The lowest BCUT2D eigenvalue weighted by Gasteiger charge is -2.18. The Morgan fingerprint density at radius 1 is 1.37 bits per heavy atom. The highest BCUT2D eigenvalue weighted by Gasteiger charge is 2.32. The number of aliphatic hydroxyl groups is 2. The smallest absolute Gasteiger partial charge is 0.389 e. The Morgan fingerprint density at radius 3 is 2.47 bits per heavy atom. The van der Waals surface area contributed by atoms with Crippen LogP contribution >= 0.6 is 0 Å². The van der Waals surface area contributed by atoms with Crippen molar-refractivity contribution in [1.29, 1.82) is 5.26 Å². The topological polar surface area (TPSA) is 81.3 Å². The van der Waals surface area contributed by atoms with Crippen LogP contribution in [0, 0.1) is 11.3 Å². The summed E-state index contributed by atoms with van der Waals surface area (Å²) in [5.74, 6) is 0. The lowest BCUT2D eigenvalue weighted by atomic mass is 9.96. The van der Waals surface area contributed by atoms with E-state index in [0.717, 1.165) is 6.07 Å². The second-order valence-corrected chi connectivity index (χ2v) is 3.83. The highest BCUT2D eigenvalue weighted by atomic mass is 19.4. The van der Waals surface area contributed by atoms with Gasteiger partial charge in [0.2, 0.25) is 0 Å². The normalized spacial score (nSPS) is 14.5. The third-order valence-electron chi connectivity index (χ3n) is 2.52. The SMILES string of the molecule is N#CCC(O)C(O)c1ccc(C(F)(F)F)cc1C=O. The molecule has 19 heavy (non-hydrogen) atoms. The zero-order valence-electron chi connectivity index (χ0n) is 9.55. The third kappa shape index (κ3) is 3.53. The number of rotatable bonds is 4. The summed E-state index contributed by atoms with van der Waals surface area (Å²) in [4.78, 5) is 10.8. The van der Waals surface area contributed by atoms with Gasteiger partial charge >= 0.3 is 6.18 Å². The number of carbonyl (C=O) groups is 1. The minimum absolute atomic E-state index is 0.147. The van der Waals surface area contributed by atoms with Crippen molar-refractivity contribution in [3.63, 3.8) is 0 Å². The monoisotopic (exact) mass is 273 g/mol. The largest absolute Gasteiger partial charge is 0.416 e. The van der Waals surface area contributed by atoms with Crippen LogP contribution < -0.4 is 0 Å². The van der Waals surface area contributed by atoms with E-state index in [0.29, 0.717) is 12.1 Å². The molecule has 0 saturated heterocycles. The van der Waals surface area contributed by atoms with Gasteiger partial charge in [-0.25, -0.2) is 0 Å². The molecule has 0 amide bonds. The number of aliphatic hydroxyl groups excluding tert-OH is 2. The maximum absolute atomic E-state index is 12.4. The summed E-state index contributed by atoms with van der Waals surface area (Å²) in [5.41, 5.74) is -1.55. The van der Waals surface area contributed by atoms with Gasteiger partial charge in [0.15, 0.2) is 0 Å². The number of nitrogens with zero attached hydrogens (tertiary/aromatic N) is 1. The molecule has 1 aromatic rings. The molecule has 0 bridgehead atoms. The Labute approximate surface area is 106 Å². The predicted octanol–water partition coefficient (Wildman–Crippen LogP) is 1.83. The van der Waals surface area contributed by atoms with Crippen molar-refractivity contribution in [1.82, 2.24) is 0 Å². The van der Waals surface area contributed by atoms with Crippen molar-refractivity contribution in [2.45, 2.75) is 24.8 Å². The molecule has 0 aromatic heterocycles. The fourth-order valence-corrected chi connectivity index (χ4v) is 1.53. The Hall–Kier alpha value is -1.91. The van der Waals surface area contributed by atoms with Gasteiger partial charge in [-0.3, -0.25) is 4.79 Å². The molecule has 4 nitrogen and oxygen atoms in total. The van der Waals surface area contributed by atoms with Crippen LogP contribution in [0.4, 0.5) is 13.2 Å². The van der Waals surface area contributed by atoms with Crippen molar-refractivity contribution in [3.8, 4) is 6.07 Å². The van der Waals surface area contributed by atoms with Gasteiger partial charge in [0, 0.05) is 5.56 Å². The summed E-state index contributed by atoms with van der Waals surface area (Å²) in [6, 6.07) is 3.81. The Kier molecular flexibility index (Phi) is 4.64. The molecule has 0 fully saturated rings. The standard InChI is InChI=1S/C12H10F3NO3/c13-12(14,15)8-1-2-9(7(5-8)6-17)11(19)10(18)3-4-16/h1-2,5-6,10-11,18-19H,3H2. The third-order valence-corrected chi connectivity index (χ3v) is 2.52. The minimum Gasteiger partial charge on any atom is -0.389 e. The highest BCUT2D eigenvalue weighted by Crippen LogP contribution is 2.32. The van der Waals surface area contributed by atoms with Gasteiger partial charge in [0.05, 0.1) is 24.2 Å². The van der Waals surface area contributed by atoms with Crippen LogP contribution in [0.3, 0.4) is 0 Å². The zero-order chi connectivity index (χ0) is 14.6. The van der Waals surface area contributed by atoms with Crippen LogP contribution in [0.5, 0.6) is 0 Å². The first kappa shape index (κ1) is 15.1. The van der Waals surface area contributed by atoms with Crippen molar-refractivity contribution in [2.75, 3.05) is 0 Å². The molecule has 0 aliphatic heterocycles. The zero-order valence-corrected chi connectivity index (χ0v) is 9.55. The van der Waals surface area contributed by atoms with Crippen molar-refractivity contribution in [2.24, 2.45) is 0 Å². The molecule has 1 rings (SSSR count). The molecule has 7 heteroatoms. The van der Waals surface area contributed by atoms with E-state index in [4.69, 9.17) is 5.26 Å². The summed E-state index contributed by atoms with van der Waals surface area (Å²) in [7, 11) is 0. The molecule has 102 valence electrons. The van der Waals surface area contributed by atoms with Crippen molar-refractivity contribution < 1.29 is 28.2 Å². The fourth-order valence-electron chi connectivity index (χ4n) is 1.53. The number of alkyl halides is 3. The van der Waals surface area contributed by atoms with Crippen LogP contribution in [0.15, 0.2) is 18.2 Å². The number of hydrogen-bond donors (Lipinski definition) is 2. The predicted molar refractivity (Wildman–Crippen MR) is 58.0 cm³/mol. The quantitative estimate of drug-likeness (QED) is 0.820. The average molecular weight is 273 g/mol. The van der Waals surface area contributed by atoms with E-state index < -0.39 is 30.4 Å². The molecule has 2 unspecified atom stereocenters.